The van der Waals surface area contributed by atoms with E-state index in [0.29, 0.717) is 5.02 Å². The summed E-state index contributed by atoms with van der Waals surface area (Å²) < 4.78 is 4.93. The van der Waals surface area contributed by atoms with Gasteiger partial charge in [0, 0.05) is 5.02 Å². The zero-order valence-electron chi connectivity index (χ0n) is 12.5. The molecular weight excluding hydrogens is 318 g/mol. The molecule has 2 N–H and O–H groups in total. The third kappa shape index (κ3) is 5.00. The number of hydrogen-bond acceptors (Lipinski definition) is 4. The number of nitrogens with one attached hydrogen (secondary N) is 1. The van der Waals surface area contributed by atoms with Crippen molar-refractivity contribution in [1.29, 1.82) is 0 Å². The lowest BCUT2D eigenvalue weighted by Crippen LogP contribution is -2.31. The Hall–Kier alpha value is -2.53. The fourth-order valence-corrected chi connectivity index (χ4v) is 2.06. The molecule has 23 heavy (non-hydrogen) atoms. The molecule has 0 fully saturated rings. The molecule has 2 rings (SSSR count). The van der Waals surface area contributed by atoms with E-state index < -0.39 is 11.9 Å². The Morgan fingerprint density at radius 1 is 1.13 bits per heavy atom. The van der Waals surface area contributed by atoms with Crippen molar-refractivity contribution in [2.45, 2.75) is 13.0 Å². The molecule has 2 aromatic rings. The molecule has 0 aliphatic rings. The number of halogens is 1. The largest absolute Gasteiger partial charge is 0.508 e. The highest BCUT2D eigenvalue weighted by Crippen LogP contribution is 2.16. The summed E-state index contributed by atoms with van der Waals surface area (Å²) in [7, 11) is 0. The summed E-state index contributed by atoms with van der Waals surface area (Å²) in [5.41, 5.74) is 1.16. The fourth-order valence-electron chi connectivity index (χ4n) is 1.93. The molecule has 0 heterocycles. The number of rotatable bonds is 5. The molecule has 6 heteroatoms. The summed E-state index contributed by atoms with van der Waals surface area (Å²) in [6, 6.07) is 12.5. The summed E-state index contributed by atoms with van der Waals surface area (Å²) in [6.07, 6.45) is 0. The second kappa shape index (κ2) is 7.65. The van der Waals surface area contributed by atoms with Crippen LogP contribution < -0.4 is 5.32 Å². The number of benzene rings is 2. The van der Waals surface area contributed by atoms with Gasteiger partial charge in [0.15, 0.2) is 6.61 Å². The quantitative estimate of drug-likeness (QED) is 0.824. The van der Waals surface area contributed by atoms with E-state index in [1.54, 1.807) is 12.1 Å². The van der Waals surface area contributed by atoms with E-state index in [-0.39, 0.29) is 24.0 Å². The summed E-state index contributed by atoms with van der Waals surface area (Å²) in [5.74, 6) is -0.977. The molecule has 0 aliphatic heterocycles. The van der Waals surface area contributed by atoms with Gasteiger partial charge in [-0.3, -0.25) is 4.79 Å². The molecule has 0 aromatic heterocycles. The molecular formula is C17H16ClNO4. The maximum Gasteiger partial charge on any atom is 0.338 e. The summed E-state index contributed by atoms with van der Waals surface area (Å²) >= 11 is 5.81. The van der Waals surface area contributed by atoms with Crippen LogP contribution in [0.5, 0.6) is 5.75 Å². The topological polar surface area (TPSA) is 75.6 Å². The average molecular weight is 334 g/mol. The molecule has 0 unspecified atom stereocenters. The molecule has 5 nitrogen and oxygen atoms in total. The van der Waals surface area contributed by atoms with Crippen LogP contribution in [-0.2, 0) is 9.53 Å². The van der Waals surface area contributed by atoms with Gasteiger partial charge in [0.05, 0.1) is 11.6 Å². The van der Waals surface area contributed by atoms with Crippen LogP contribution in [-0.4, -0.2) is 23.6 Å². The van der Waals surface area contributed by atoms with Crippen LogP contribution >= 0.6 is 11.6 Å². The number of carbonyl (C=O) groups is 2. The van der Waals surface area contributed by atoms with Gasteiger partial charge in [0.1, 0.15) is 5.75 Å². The lowest BCUT2D eigenvalue weighted by Gasteiger charge is -2.14. The van der Waals surface area contributed by atoms with Crippen LogP contribution in [0.25, 0.3) is 0 Å². The first-order valence-electron chi connectivity index (χ1n) is 6.96. The van der Waals surface area contributed by atoms with Crippen molar-refractivity contribution in [3.05, 3.63) is 64.7 Å². The summed E-state index contributed by atoms with van der Waals surface area (Å²) in [6.45, 7) is 1.45. The van der Waals surface area contributed by atoms with Crippen LogP contribution in [0.2, 0.25) is 5.02 Å². The molecule has 0 saturated heterocycles. The fraction of sp³-hybridized carbons (Fsp3) is 0.176. The van der Waals surface area contributed by atoms with Crippen LogP contribution in [0.15, 0.2) is 48.5 Å². The van der Waals surface area contributed by atoms with E-state index in [0.717, 1.165) is 5.56 Å². The number of aromatic hydroxyl groups is 1. The van der Waals surface area contributed by atoms with Crippen molar-refractivity contribution in [2.24, 2.45) is 0 Å². The van der Waals surface area contributed by atoms with Gasteiger partial charge in [-0.1, -0.05) is 23.7 Å². The van der Waals surface area contributed by atoms with E-state index in [4.69, 9.17) is 21.4 Å². The minimum absolute atomic E-state index is 0.0519. The molecule has 0 bridgehead atoms. The van der Waals surface area contributed by atoms with E-state index >= 15 is 0 Å². The number of carbonyl (C=O) groups excluding carboxylic acids is 2. The van der Waals surface area contributed by atoms with Crippen LogP contribution in [0.1, 0.15) is 28.9 Å². The van der Waals surface area contributed by atoms with Gasteiger partial charge in [0.25, 0.3) is 5.91 Å². The first-order chi connectivity index (χ1) is 11.0. The maximum atomic E-state index is 11.8. The van der Waals surface area contributed by atoms with Gasteiger partial charge < -0.3 is 15.2 Å². The van der Waals surface area contributed by atoms with Crippen molar-refractivity contribution in [3.63, 3.8) is 0 Å². The second-order valence-electron chi connectivity index (χ2n) is 4.96. The average Bonchev–Trinajstić information content (AvgIpc) is 2.54. The van der Waals surface area contributed by atoms with Crippen molar-refractivity contribution in [2.75, 3.05) is 6.61 Å². The first kappa shape index (κ1) is 16.8. The smallest absolute Gasteiger partial charge is 0.338 e. The number of esters is 1. The zero-order valence-corrected chi connectivity index (χ0v) is 13.2. The number of phenols is 1. The zero-order chi connectivity index (χ0) is 16.8. The predicted molar refractivity (Wildman–Crippen MR) is 86.4 cm³/mol. The van der Waals surface area contributed by atoms with Gasteiger partial charge in [-0.05, 0) is 48.9 Å². The molecule has 0 spiro atoms. The highest BCUT2D eigenvalue weighted by atomic mass is 35.5. The number of hydrogen-bond donors (Lipinski definition) is 2. The highest BCUT2D eigenvalue weighted by Gasteiger charge is 2.13. The third-order valence-electron chi connectivity index (χ3n) is 3.18. The highest BCUT2D eigenvalue weighted by molar-refractivity contribution is 6.30. The Bertz CT molecular complexity index is 683. The Morgan fingerprint density at radius 2 is 1.74 bits per heavy atom. The van der Waals surface area contributed by atoms with E-state index in [1.165, 1.54) is 24.3 Å². The molecule has 0 radical (unpaired) electrons. The van der Waals surface area contributed by atoms with E-state index in [9.17, 15) is 9.59 Å². The Labute approximate surface area is 138 Å². The summed E-state index contributed by atoms with van der Waals surface area (Å²) in [5, 5.41) is 12.5. The van der Waals surface area contributed by atoms with Crippen LogP contribution in [0, 0.1) is 0 Å². The van der Waals surface area contributed by atoms with Gasteiger partial charge in [-0.2, -0.15) is 0 Å². The molecule has 1 atom stereocenters. The normalized spacial score (nSPS) is 11.6. The predicted octanol–water partition coefficient (Wildman–Crippen LogP) is 3.08. The SMILES string of the molecule is C[C@H](NC(=O)COC(=O)c1ccc(O)cc1)c1ccc(Cl)cc1. The molecule has 1 amide bonds. The van der Waals surface area contributed by atoms with Crippen LogP contribution in [0.3, 0.4) is 0 Å². The Kier molecular flexibility index (Phi) is 5.60. The lowest BCUT2D eigenvalue weighted by molar-refractivity contribution is -0.124. The minimum atomic E-state index is -0.626. The summed E-state index contributed by atoms with van der Waals surface area (Å²) in [4.78, 5) is 23.6. The van der Waals surface area contributed by atoms with Gasteiger partial charge in [-0.25, -0.2) is 4.79 Å². The monoisotopic (exact) mass is 333 g/mol. The first-order valence-corrected chi connectivity index (χ1v) is 7.34. The third-order valence-corrected chi connectivity index (χ3v) is 3.44. The molecule has 0 saturated carbocycles. The van der Waals surface area contributed by atoms with E-state index in [1.807, 2.05) is 19.1 Å². The standard InChI is InChI=1S/C17H16ClNO4/c1-11(12-2-6-14(18)7-3-12)19-16(21)10-23-17(22)13-4-8-15(20)9-5-13/h2-9,11,20H,10H2,1H3,(H,19,21)/t11-/m0/s1. The Balaban J connectivity index is 1.83. The number of phenolic OH excluding ortho intramolecular Hbond substituents is 1. The van der Waals surface area contributed by atoms with Gasteiger partial charge in [-0.15, -0.1) is 0 Å². The second-order valence-corrected chi connectivity index (χ2v) is 5.40. The molecule has 2 aromatic carbocycles. The number of ether oxygens (including phenoxy) is 1. The number of amides is 1. The maximum absolute atomic E-state index is 11.8. The van der Waals surface area contributed by atoms with Crippen molar-refractivity contribution in [3.8, 4) is 5.75 Å². The van der Waals surface area contributed by atoms with Gasteiger partial charge >= 0.3 is 5.97 Å². The van der Waals surface area contributed by atoms with Crippen molar-refractivity contribution >= 4 is 23.5 Å². The minimum Gasteiger partial charge on any atom is -0.508 e. The van der Waals surface area contributed by atoms with Crippen molar-refractivity contribution in [1.82, 2.24) is 5.32 Å². The van der Waals surface area contributed by atoms with Crippen molar-refractivity contribution < 1.29 is 19.4 Å². The molecule has 120 valence electrons. The van der Waals surface area contributed by atoms with Gasteiger partial charge in [0.2, 0.25) is 0 Å². The molecule has 0 aliphatic carbocycles. The Morgan fingerprint density at radius 3 is 2.35 bits per heavy atom. The van der Waals surface area contributed by atoms with E-state index in [2.05, 4.69) is 5.32 Å². The van der Waals surface area contributed by atoms with Crippen LogP contribution in [0.4, 0.5) is 0 Å². The lowest BCUT2D eigenvalue weighted by atomic mass is 10.1.